The third kappa shape index (κ3) is 2.97. The molecule has 18 heavy (non-hydrogen) atoms. The lowest BCUT2D eigenvalue weighted by atomic mass is 10.1. The Hall–Kier alpha value is -1.64. The van der Waals surface area contributed by atoms with Gasteiger partial charge < -0.3 is 15.3 Å². The maximum absolute atomic E-state index is 13.4. The molecule has 0 aliphatic carbocycles. The first kappa shape index (κ1) is 12.8. The summed E-state index contributed by atoms with van der Waals surface area (Å²) >= 11 is 0. The molecule has 0 saturated carbocycles. The van der Waals surface area contributed by atoms with Crippen molar-refractivity contribution in [2.75, 3.05) is 32.7 Å². The maximum atomic E-state index is 13.4. The second-order valence-corrected chi connectivity index (χ2v) is 4.43. The normalized spacial score (nSPS) is 16.4. The Balaban J connectivity index is 2.01. The van der Waals surface area contributed by atoms with E-state index in [-0.39, 0.29) is 5.56 Å². The number of nitriles is 1. The van der Waals surface area contributed by atoms with E-state index in [1.165, 1.54) is 6.07 Å². The molecule has 0 unspecified atom stereocenters. The first-order valence-electron chi connectivity index (χ1n) is 6.05. The van der Waals surface area contributed by atoms with E-state index in [0.29, 0.717) is 6.42 Å². The number of hydrogen-bond acceptors (Lipinski definition) is 4. The number of nitrogens with one attached hydrogen (secondary N) is 1. The molecule has 0 amide bonds. The first-order chi connectivity index (χ1) is 8.70. The van der Waals surface area contributed by atoms with Crippen LogP contribution in [0.5, 0.6) is 5.75 Å². The minimum atomic E-state index is -0.718. The molecule has 0 aromatic heterocycles. The molecule has 96 valence electrons. The molecule has 1 aromatic carbocycles. The van der Waals surface area contributed by atoms with Crippen LogP contribution in [0, 0.1) is 17.1 Å². The zero-order valence-corrected chi connectivity index (χ0v) is 10.1. The van der Waals surface area contributed by atoms with Crippen molar-refractivity contribution >= 4 is 0 Å². The van der Waals surface area contributed by atoms with Crippen molar-refractivity contribution in [3.8, 4) is 11.8 Å². The lowest BCUT2D eigenvalue weighted by Crippen LogP contribution is -2.44. The number of benzene rings is 1. The van der Waals surface area contributed by atoms with Gasteiger partial charge in [0.1, 0.15) is 6.07 Å². The van der Waals surface area contributed by atoms with Gasteiger partial charge in [0.25, 0.3) is 0 Å². The Labute approximate surface area is 106 Å². The quantitative estimate of drug-likeness (QED) is 0.834. The number of phenols is 1. The summed E-state index contributed by atoms with van der Waals surface area (Å²) in [4.78, 5) is 2.30. The third-order valence-corrected chi connectivity index (χ3v) is 3.17. The summed E-state index contributed by atoms with van der Waals surface area (Å²) in [6, 6.07) is 4.66. The van der Waals surface area contributed by atoms with E-state index < -0.39 is 11.6 Å². The Bertz CT molecular complexity index is 464. The van der Waals surface area contributed by atoms with Crippen molar-refractivity contribution in [1.82, 2.24) is 10.2 Å². The lowest BCUT2D eigenvalue weighted by molar-refractivity contribution is 0.244. The van der Waals surface area contributed by atoms with Crippen LogP contribution >= 0.6 is 0 Å². The van der Waals surface area contributed by atoms with E-state index in [0.717, 1.165) is 38.3 Å². The standard InChI is InChI=1S/C13H16FN3O/c14-12-8-10(7-11(9-15)13(12)18)1-4-17-5-2-16-3-6-17/h7-8,16,18H,1-6H2. The molecule has 1 saturated heterocycles. The maximum Gasteiger partial charge on any atom is 0.169 e. The highest BCUT2D eigenvalue weighted by Crippen LogP contribution is 2.22. The fraction of sp³-hybridized carbons (Fsp3) is 0.462. The van der Waals surface area contributed by atoms with Gasteiger partial charge in [-0.2, -0.15) is 5.26 Å². The molecule has 0 atom stereocenters. The fourth-order valence-corrected chi connectivity index (χ4v) is 2.11. The summed E-state index contributed by atoms with van der Waals surface area (Å²) in [5, 5.41) is 21.4. The van der Waals surface area contributed by atoms with Gasteiger partial charge in [-0.25, -0.2) is 4.39 Å². The molecule has 2 N–H and O–H groups in total. The van der Waals surface area contributed by atoms with Crippen LogP contribution in [0.3, 0.4) is 0 Å². The van der Waals surface area contributed by atoms with Crippen molar-refractivity contribution in [2.45, 2.75) is 6.42 Å². The summed E-state index contributed by atoms with van der Waals surface area (Å²) in [5.74, 6) is -1.27. The largest absolute Gasteiger partial charge is 0.504 e. The SMILES string of the molecule is N#Cc1cc(CCN2CCNCC2)cc(F)c1O. The van der Waals surface area contributed by atoms with Crippen LogP contribution in [0.4, 0.5) is 4.39 Å². The summed E-state index contributed by atoms with van der Waals surface area (Å²) in [7, 11) is 0. The molecule has 0 spiro atoms. The van der Waals surface area contributed by atoms with Crippen LogP contribution < -0.4 is 5.32 Å². The van der Waals surface area contributed by atoms with Crippen LogP contribution in [0.15, 0.2) is 12.1 Å². The first-order valence-corrected chi connectivity index (χ1v) is 6.05. The van der Waals surface area contributed by atoms with E-state index in [4.69, 9.17) is 5.26 Å². The van der Waals surface area contributed by atoms with E-state index in [1.54, 1.807) is 12.1 Å². The second-order valence-electron chi connectivity index (χ2n) is 4.43. The Morgan fingerprint density at radius 1 is 1.39 bits per heavy atom. The molecule has 0 bridgehead atoms. The van der Waals surface area contributed by atoms with Gasteiger partial charge in [0.05, 0.1) is 5.56 Å². The van der Waals surface area contributed by atoms with Gasteiger partial charge in [-0.3, -0.25) is 0 Å². The molecular weight excluding hydrogens is 233 g/mol. The van der Waals surface area contributed by atoms with Gasteiger partial charge in [0, 0.05) is 32.7 Å². The smallest absolute Gasteiger partial charge is 0.169 e. The highest BCUT2D eigenvalue weighted by Gasteiger charge is 2.12. The van der Waals surface area contributed by atoms with Crippen LogP contribution in [0.25, 0.3) is 0 Å². The van der Waals surface area contributed by atoms with Crippen LogP contribution in [-0.2, 0) is 6.42 Å². The molecule has 1 fully saturated rings. The van der Waals surface area contributed by atoms with E-state index in [2.05, 4.69) is 10.2 Å². The average molecular weight is 249 g/mol. The number of rotatable bonds is 3. The van der Waals surface area contributed by atoms with Gasteiger partial charge in [0.2, 0.25) is 0 Å². The topological polar surface area (TPSA) is 59.3 Å². The molecule has 1 aliphatic heterocycles. The van der Waals surface area contributed by atoms with E-state index >= 15 is 0 Å². The van der Waals surface area contributed by atoms with Crippen LogP contribution in [0.1, 0.15) is 11.1 Å². The van der Waals surface area contributed by atoms with Crippen LogP contribution in [0.2, 0.25) is 0 Å². The summed E-state index contributed by atoms with van der Waals surface area (Å²) in [5.41, 5.74) is 0.755. The third-order valence-electron chi connectivity index (χ3n) is 3.17. The van der Waals surface area contributed by atoms with E-state index in [1.807, 2.05) is 0 Å². The highest BCUT2D eigenvalue weighted by molar-refractivity contribution is 5.45. The molecule has 1 aliphatic rings. The molecular formula is C13H16FN3O. The van der Waals surface area contributed by atoms with Crippen molar-refractivity contribution < 1.29 is 9.50 Å². The van der Waals surface area contributed by atoms with Crippen LogP contribution in [-0.4, -0.2) is 42.7 Å². The number of nitrogens with zero attached hydrogens (tertiary/aromatic N) is 2. The van der Waals surface area contributed by atoms with Crippen molar-refractivity contribution in [2.24, 2.45) is 0 Å². The van der Waals surface area contributed by atoms with Gasteiger partial charge >= 0.3 is 0 Å². The molecule has 5 heteroatoms. The predicted octanol–water partition coefficient (Wildman–Crippen LogP) is 0.851. The van der Waals surface area contributed by atoms with Crippen molar-refractivity contribution in [3.63, 3.8) is 0 Å². The Kier molecular flexibility index (Phi) is 4.13. The zero-order valence-electron chi connectivity index (χ0n) is 10.1. The molecule has 0 radical (unpaired) electrons. The highest BCUT2D eigenvalue weighted by atomic mass is 19.1. The minimum absolute atomic E-state index is 0.00492. The monoisotopic (exact) mass is 249 g/mol. The number of piperazine rings is 1. The Morgan fingerprint density at radius 2 is 2.11 bits per heavy atom. The van der Waals surface area contributed by atoms with Gasteiger partial charge in [-0.05, 0) is 24.1 Å². The molecule has 1 heterocycles. The predicted molar refractivity (Wildman–Crippen MR) is 65.8 cm³/mol. The van der Waals surface area contributed by atoms with Crippen molar-refractivity contribution in [1.29, 1.82) is 5.26 Å². The number of hydrogen-bond donors (Lipinski definition) is 2. The Morgan fingerprint density at radius 3 is 2.78 bits per heavy atom. The van der Waals surface area contributed by atoms with Crippen molar-refractivity contribution in [3.05, 3.63) is 29.1 Å². The minimum Gasteiger partial charge on any atom is -0.504 e. The summed E-state index contributed by atoms with van der Waals surface area (Å²) in [6.45, 7) is 4.79. The molecule has 1 aromatic rings. The lowest BCUT2D eigenvalue weighted by Gasteiger charge is -2.27. The summed E-state index contributed by atoms with van der Waals surface area (Å²) < 4.78 is 13.4. The zero-order chi connectivity index (χ0) is 13.0. The van der Waals surface area contributed by atoms with Gasteiger partial charge in [-0.1, -0.05) is 0 Å². The summed E-state index contributed by atoms with van der Waals surface area (Å²) in [6.07, 6.45) is 0.686. The number of aromatic hydroxyl groups is 1. The number of phenolic OH excluding ortho intramolecular Hbond substituents is 1. The van der Waals surface area contributed by atoms with Gasteiger partial charge in [0.15, 0.2) is 11.6 Å². The average Bonchev–Trinajstić information content (AvgIpc) is 2.41. The van der Waals surface area contributed by atoms with E-state index in [9.17, 15) is 9.50 Å². The molecule has 2 rings (SSSR count). The number of halogens is 1. The van der Waals surface area contributed by atoms with Gasteiger partial charge in [-0.15, -0.1) is 0 Å². The fourth-order valence-electron chi connectivity index (χ4n) is 2.11. The molecule has 4 nitrogen and oxygen atoms in total. The second kappa shape index (κ2) is 5.80.